The van der Waals surface area contributed by atoms with Gasteiger partial charge in [0.05, 0.1) is 4.90 Å². The molecule has 0 aromatic heterocycles. The van der Waals surface area contributed by atoms with Gasteiger partial charge in [0.25, 0.3) is 0 Å². The minimum atomic E-state index is -3.51. The van der Waals surface area contributed by atoms with Crippen LogP contribution in [0.5, 0.6) is 0 Å². The van der Waals surface area contributed by atoms with E-state index in [0.717, 1.165) is 11.1 Å². The second kappa shape index (κ2) is 6.21. The van der Waals surface area contributed by atoms with E-state index in [0.29, 0.717) is 29.1 Å². The Bertz CT molecular complexity index is 564. The van der Waals surface area contributed by atoms with Crippen molar-refractivity contribution in [3.05, 3.63) is 34.9 Å². The molecule has 0 heterocycles. The van der Waals surface area contributed by atoms with Crippen molar-refractivity contribution in [3.8, 4) is 0 Å². The van der Waals surface area contributed by atoms with Crippen LogP contribution in [0.1, 0.15) is 30.0 Å². The predicted molar refractivity (Wildman–Crippen MR) is 79.7 cm³/mol. The molecule has 0 fully saturated rings. The van der Waals surface area contributed by atoms with Gasteiger partial charge in [-0.15, -0.1) is 0 Å². The summed E-state index contributed by atoms with van der Waals surface area (Å²) in [7, 11) is -3.51. The average Bonchev–Trinajstić information content (AvgIpc) is 2.32. The first-order valence-electron chi connectivity index (χ1n) is 6.28. The minimum absolute atomic E-state index is 0.311. The molecular formula is C14H22N2O2S. The van der Waals surface area contributed by atoms with E-state index in [1.165, 1.54) is 0 Å². The second-order valence-corrected chi connectivity index (χ2v) is 6.32. The van der Waals surface area contributed by atoms with Crippen molar-refractivity contribution in [2.45, 2.75) is 39.0 Å². The van der Waals surface area contributed by atoms with Crippen molar-refractivity contribution in [2.24, 2.45) is 0 Å². The molecule has 1 aromatic rings. The van der Waals surface area contributed by atoms with E-state index >= 15 is 0 Å². The lowest BCUT2D eigenvalue weighted by molar-refractivity contribution is 0.580. The fraction of sp³-hybridized carbons (Fsp3) is 0.429. The number of benzene rings is 1. The highest BCUT2D eigenvalue weighted by Gasteiger charge is 2.21. The third-order valence-electron chi connectivity index (χ3n) is 3.19. The fourth-order valence-corrected chi connectivity index (χ4v) is 3.58. The Morgan fingerprint density at radius 3 is 2.47 bits per heavy atom. The van der Waals surface area contributed by atoms with E-state index in [2.05, 4.69) is 4.72 Å². The van der Waals surface area contributed by atoms with Gasteiger partial charge >= 0.3 is 0 Å². The Hall–Kier alpha value is -1.33. The molecule has 0 amide bonds. The Morgan fingerprint density at radius 1 is 1.26 bits per heavy atom. The SMILES string of the molecule is C/C=C/CCNS(=O)(=O)c1c(C)c(C)cc(N)c1C. The summed E-state index contributed by atoms with van der Waals surface area (Å²) in [5.74, 6) is 0. The summed E-state index contributed by atoms with van der Waals surface area (Å²) in [5.41, 5.74) is 8.62. The molecule has 0 atom stereocenters. The first-order chi connectivity index (χ1) is 8.81. The summed E-state index contributed by atoms with van der Waals surface area (Å²) >= 11 is 0. The van der Waals surface area contributed by atoms with Crippen LogP contribution in [0.2, 0.25) is 0 Å². The summed E-state index contributed by atoms with van der Waals surface area (Å²) in [6.07, 6.45) is 4.50. The van der Waals surface area contributed by atoms with Crippen molar-refractivity contribution in [1.82, 2.24) is 4.72 Å². The van der Waals surface area contributed by atoms with Crippen molar-refractivity contribution in [2.75, 3.05) is 12.3 Å². The summed E-state index contributed by atoms with van der Waals surface area (Å²) in [6.45, 7) is 7.71. The predicted octanol–water partition coefficient (Wildman–Crippen LogP) is 2.44. The van der Waals surface area contributed by atoms with Crippen molar-refractivity contribution < 1.29 is 8.42 Å². The number of allylic oxidation sites excluding steroid dienone is 1. The average molecular weight is 282 g/mol. The summed E-state index contributed by atoms with van der Waals surface area (Å²) in [6, 6.07) is 1.81. The third-order valence-corrected chi connectivity index (χ3v) is 4.92. The van der Waals surface area contributed by atoms with Gasteiger partial charge in [0.15, 0.2) is 0 Å². The van der Waals surface area contributed by atoms with Gasteiger partial charge < -0.3 is 5.73 Å². The lowest BCUT2D eigenvalue weighted by Gasteiger charge is -2.15. The molecule has 3 N–H and O–H groups in total. The maximum absolute atomic E-state index is 12.4. The van der Waals surface area contributed by atoms with Crippen LogP contribution in [-0.4, -0.2) is 15.0 Å². The molecule has 1 rings (SSSR count). The Labute approximate surface area is 115 Å². The van der Waals surface area contributed by atoms with Gasteiger partial charge in [-0.05, 0) is 56.9 Å². The van der Waals surface area contributed by atoms with Crippen LogP contribution in [0.4, 0.5) is 5.69 Å². The molecule has 1 aromatic carbocycles. The van der Waals surface area contributed by atoms with Gasteiger partial charge in [-0.3, -0.25) is 0 Å². The highest BCUT2D eigenvalue weighted by atomic mass is 32.2. The molecule has 106 valence electrons. The number of aryl methyl sites for hydroxylation is 1. The van der Waals surface area contributed by atoms with Gasteiger partial charge in [0.1, 0.15) is 0 Å². The summed E-state index contributed by atoms with van der Waals surface area (Å²) in [4.78, 5) is 0.311. The van der Waals surface area contributed by atoms with Crippen molar-refractivity contribution in [1.29, 1.82) is 0 Å². The smallest absolute Gasteiger partial charge is 0.241 e. The van der Waals surface area contributed by atoms with Gasteiger partial charge in [0, 0.05) is 12.2 Å². The normalized spacial score (nSPS) is 12.2. The van der Waals surface area contributed by atoms with Crippen molar-refractivity contribution >= 4 is 15.7 Å². The van der Waals surface area contributed by atoms with Crippen LogP contribution in [0.3, 0.4) is 0 Å². The Kier molecular flexibility index (Phi) is 5.14. The van der Waals surface area contributed by atoms with Gasteiger partial charge in [-0.2, -0.15) is 0 Å². The van der Waals surface area contributed by atoms with Gasteiger partial charge in [-0.1, -0.05) is 12.2 Å². The monoisotopic (exact) mass is 282 g/mol. The van der Waals surface area contributed by atoms with Crippen LogP contribution in [0.15, 0.2) is 23.1 Å². The molecule has 19 heavy (non-hydrogen) atoms. The standard InChI is InChI=1S/C14H22N2O2S/c1-5-6-7-8-16-19(17,18)14-11(3)10(2)9-13(15)12(14)4/h5-6,9,16H,7-8,15H2,1-4H3/b6-5+. The number of nitrogens with one attached hydrogen (secondary N) is 1. The maximum Gasteiger partial charge on any atom is 0.241 e. The fourth-order valence-electron chi connectivity index (χ4n) is 1.96. The summed E-state index contributed by atoms with van der Waals surface area (Å²) in [5, 5.41) is 0. The lowest BCUT2D eigenvalue weighted by atomic mass is 10.1. The summed E-state index contributed by atoms with van der Waals surface area (Å²) < 4.78 is 27.3. The van der Waals surface area contributed by atoms with Crippen LogP contribution >= 0.6 is 0 Å². The molecular weight excluding hydrogens is 260 g/mol. The number of nitrogens with two attached hydrogens (primary N) is 1. The van der Waals surface area contributed by atoms with E-state index in [9.17, 15) is 8.42 Å². The molecule has 0 aliphatic carbocycles. The number of rotatable bonds is 5. The minimum Gasteiger partial charge on any atom is -0.398 e. The lowest BCUT2D eigenvalue weighted by Crippen LogP contribution is -2.26. The molecule has 0 saturated carbocycles. The molecule has 0 aliphatic heterocycles. The van der Waals surface area contributed by atoms with E-state index in [1.54, 1.807) is 6.92 Å². The second-order valence-electron chi connectivity index (χ2n) is 4.62. The molecule has 0 unspecified atom stereocenters. The number of anilines is 1. The number of hydrogen-bond donors (Lipinski definition) is 2. The van der Waals surface area contributed by atoms with Gasteiger partial charge in [0.2, 0.25) is 10.0 Å². The number of nitrogen functional groups attached to an aromatic ring is 1. The number of sulfonamides is 1. The molecule has 0 spiro atoms. The highest BCUT2D eigenvalue weighted by molar-refractivity contribution is 7.89. The Morgan fingerprint density at radius 2 is 1.89 bits per heavy atom. The first kappa shape index (κ1) is 15.7. The van der Waals surface area contributed by atoms with Crippen molar-refractivity contribution in [3.63, 3.8) is 0 Å². The molecule has 0 aliphatic rings. The topological polar surface area (TPSA) is 72.2 Å². The molecule has 0 saturated heterocycles. The molecule has 4 nitrogen and oxygen atoms in total. The third kappa shape index (κ3) is 3.58. The largest absolute Gasteiger partial charge is 0.398 e. The molecule has 0 bridgehead atoms. The van der Waals surface area contributed by atoms with Crippen LogP contribution in [0, 0.1) is 20.8 Å². The van der Waals surface area contributed by atoms with E-state index in [-0.39, 0.29) is 0 Å². The number of hydrogen-bond acceptors (Lipinski definition) is 3. The maximum atomic E-state index is 12.4. The zero-order valence-electron chi connectivity index (χ0n) is 11.9. The van der Waals surface area contributed by atoms with Crippen LogP contribution < -0.4 is 10.5 Å². The van der Waals surface area contributed by atoms with E-state index in [4.69, 9.17) is 5.73 Å². The first-order valence-corrected chi connectivity index (χ1v) is 7.76. The Balaban J connectivity index is 3.14. The van der Waals surface area contributed by atoms with Crippen LogP contribution in [-0.2, 0) is 10.0 Å². The van der Waals surface area contributed by atoms with E-state index < -0.39 is 10.0 Å². The quantitative estimate of drug-likeness (QED) is 0.495. The zero-order valence-corrected chi connectivity index (χ0v) is 12.8. The molecule has 0 radical (unpaired) electrons. The van der Waals surface area contributed by atoms with E-state index in [1.807, 2.05) is 39.0 Å². The van der Waals surface area contributed by atoms with Gasteiger partial charge in [-0.25, -0.2) is 13.1 Å². The highest BCUT2D eigenvalue weighted by Crippen LogP contribution is 2.27. The zero-order chi connectivity index (χ0) is 14.6. The van der Waals surface area contributed by atoms with Crippen LogP contribution in [0.25, 0.3) is 0 Å². The molecule has 5 heteroatoms.